The van der Waals surface area contributed by atoms with Crippen molar-refractivity contribution in [3.8, 4) is 11.5 Å². The van der Waals surface area contributed by atoms with Gasteiger partial charge in [0.1, 0.15) is 0 Å². The van der Waals surface area contributed by atoms with Crippen molar-refractivity contribution in [2.75, 3.05) is 19.5 Å². The highest BCUT2D eigenvalue weighted by Crippen LogP contribution is 2.32. The van der Waals surface area contributed by atoms with Crippen LogP contribution in [0.4, 0.5) is 5.69 Å². The van der Waals surface area contributed by atoms with Crippen molar-refractivity contribution in [2.45, 2.75) is 13.5 Å². The topological polar surface area (TPSA) is 56.3 Å². The number of hydrogen-bond acceptors (Lipinski definition) is 6. The number of benzene rings is 1. The zero-order chi connectivity index (χ0) is 13.0. The van der Waals surface area contributed by atoms with Crippen LogP contribution in [0.5, 0.6) is 11.5 Å². The number of nitrogens with one attached hydrogen (secondary N) is 1. The summed E-state index contributed by atoms with van der Waals surface area (Å²) in [6, 6.07) is 3.87. The van der Waals surface area contributed by atoms with Gasteiger partial charge in [0, 0.05) is 17.1 Å². The molecule has 0 atom stereocenters. The van der Waals surface area contributed by atoms with Crippen LogP contribution < -0.4 is 14.8 Å². The molecule has 0 saturated heterocycles. The number of anilines is 1. The summed E-state index contributed by atoms with van der Waals surface area (Å²) in [5.41, 5.74) is 3.02. The standard InChI is InChI=1S/C12H15N3O2S/c1-8-4-11(16-2)12(17-3)5-10(8)13-6-9-7-18-15-14-9/h4-5,7,13H,6H2,1-3H3. The average Bonchev–Trinajstić information content (AvgIpc) is 2.90. The fourth-order valence-electron chi connectivity index (χ4n) is 1.62. The van der Waals surface area contributed by atoms with E-state index in [2.05, 4.69) is 14.9 Å². The lowest BCUT2D eigenvalue weighted by Gasteiger charge is -2.13. The van der Waals surface area contributed by atoms with Crippen LogP contribution in [-0.2, 0) is 6.54 Å². The zero-order valence-corrected chi connectivity index (χ0v) is 11.4. The largest absolute Gasteiger partial charge is 0.493 e. The third-order valence-electron chi connectivity index (χ3n) is 2.60. The molecule has 18 heavy (non-hydrogen) atoms. The van der Waals surface area contributed by atoms with Crippen LogP contribution in [0.2, 0.25) is 0 Å². The second-order valence-electron chi connectivity index (χ2n) is 3.77. The lowest BCUT2D eigenvalue weighted by molar-refractivity contribution is 0.355. The van der Waals surface area contributed by atoms with Crippen molar-refractivity contribution in [1.82, 2.24) is 9.59 Å². The molecule has 96 valence electrons. The van der Waals surface area contributed by atoms with E-state index >= 15 is 0 Å². The Morgan fingerprint density at radius 2 is 1.94 bits per heavy atom. The molecule has 2 rings (SSSR count). The fraction of sp³-hybridized carbons (Fsp3) is 0.333. The number of nitrogens with zero attached hydrogens (tertiary/aromatic N) is 2. The Bertz CT molecular complexity index is 514. The molecule has 0 radical (unpaired) electrons. The van der Waals surface area contributed by atoms with E-state index in [0.29, 0.717) is 12.3 Å². The van der Waals surface area contributed by atoms with Crippen LogP contribution in [0.3, 0.4) is 0 Å². The quantitative estimate of drug-likeness (QED) is 0.900. The molecule has 0 unspecified atom stereocenters. The third kappa shape index (κ3) is 2.70. The maximum atomic E-state index is 5.28. The summed E-state index contributed by atoms with van der Waals surface area (Å²) < 4.78 is 14.4. The summed E-state index contributed by atoms with van der Waals surface area (Å²) >= 11 is 1.35. The van der Waals surface area contributed by atoms with E-state index in [1.54, 1.807) is 14.2 Å². The smallest absolute Gasteiger partial charge is 0.162 e. The lowest BCUT2D eigenvalue weighted by atomic mass is 10.1. The van der Waals surface area contributed by atoms with Gasteiger partial charge >= 0.3 is 0 Å². The minimum Gasteiger partial charge on any atom is -0.493 e. The molecule has 2 aromatic rings. The summed E-state index contributed by atoms with van der Waals surface area (Å²) in [6.07, 6.45) is 0. The van der Waals surface area contributed by atoms with E-state index in [-0.39, 0.29) is 0 Å². The molecule has 1 aromatic carbocycles. The van der Waals surface area contributed by atoms with E-state index in [4.69, 9.17) is 9.47 Å². The number of aromatic nitrogens is 2. The minimum atomic E-state index is 0.646. The number of aryl methyl sites for hydroxylation is 1. The fourth-order valence-corrected chi connectivity index (χ4v) is 2.07. The molecule has 0 bridgehead atoms. The second-order valence-corrected chi connectivity index (χ2v) is 4.38. The van der Waals surface area contributed by atoms with Gasteiger partial charge in [-0.25, -0.2) is 0 Å². The maximum absolute atomic E-state index is 5.28. The van der Waals surface area contributed by atoms with Crippen LogP contribution in [0.1, 0.15) is 11.3 Å². The number of hydrogen-bond donors (Lipinski definition) is 1. The molecule has 6 heteroatoms. The Kier molecular flexibility index (Phi) is 3.99. The molecule has 1 N–H and O–H groups in total. The van der Waals surface area contributed by atoms with Gasteiger partial charge in [-0.2, -0.15) is 0 Å². The van der Waals surface area contributed by atoms with Crippen LogP contribution in [-0.4, -0.2) is 23.8 Å². The van der Waals surface area contributed by atoms with Gasteiger partial charge in [-0.05, 0) is 30.1 Å². The molecule has 0 fully saturated rings. The van der Waals surface area contributed by atoms with Crippen molar-refractivity contribution in [3.05, 3.63) is 28.8 Å². The predicted molar refractivity (Wildman–Crippen MR) is 71.5 cm³/mol. The first-order valence-electron chi connectivity index (χ1n) is 5.47. The van der Waals surface area contributed by atoms with Gasteiger partial charge in [0.25, 0.3) is 0 Å². The zero-order valence-electron chi connectivity index (χ0n) is 10.6. The van der Waals surface area contributed by atoms with E-state index in [1.807, 2.05) is 24.4 Å². The Balaban J connectivity index is 2.17. The van der Waals surface area contributed by atoms with Crippen molar-refractivity contribution in [1.29, 1.82) is 0 Å². The van der Waals surface area contributed by atoms with Crippen molar-refractivity contribution >= 4 is 17.2 Å². The Morgan fingerprint density at radius 1 is 1.22 bits per heavy atom. The Morgan fingerprint density at radius 3 is 2.56 bits per heavy atom. The summed E-state index contributed by atoms with van der Waals surface area (Å²) in [5, 5.41) is 9.22. The molecule has 0 aliphatic heterocycles. The van der Waals surface area contributed by atoms with Gasteiger partial charge in [-0.1, -0.05) is 4.49 Å². The third-order valence-corrected chi connectivity index (χ3v) is 3.15. The minimum absolute atomic E-state index is 0.646. The summed E-state index contributed by atoms with van der Waals surface area (Å²) in [7, 11) is 3.26. The van der Waals surface area contributed by atoms with Crippen molar-refractivity contribution in [3.63, 3.8) is 0 Å². The van der Waals surface area contributed by atoms with Gasteiger partial charge in [0.15, 0.2) is 11.5 Å². The van der Waals surface area contributed by atoms with E-state index in [0.717, 1.165) is 22.7 Å². The molecule has 0 aliphatic rings. The first-order valence-corrected chi connectivity index (χ1v) is 6.30. The monoisotopic (exact) mass is 265 g/mol. The highest BCUT2D eigenvalue weighted by molar-refractivity contribution is 7.03. The summed E-state index contributed by atoms with van der Waals surface area (Å²) in [5.74, 6) is 1.44. The molecule has 1 aromatic heterocycles. The molecule has 0 aliphatic carbocycles. The summed E-state index contributed by atoms with van der Waals surface area (Å²) in [6.45, 7) is 2.66. The molecule has 0 saturated carbocycles. The molecular weight excluding hydrogens is 250 g/mol. The van der Waals surface area contributed by atoms with Crippen LogP contribution in [0.15, 0.2) is 17.5 Å². The van der Waals surface area contributed by atoms with E-state index in [9.17, 15) is 0 Å². The highest BCUT2D eigenvalue weighted by atomic mass is 32.1. The molecule has 5 nitrogen and oxygen atoms in total. The van der Waals surface area contributed by atoms with Gasteiger partial charge in [-0.3, -0.25) is 0 Å². The Hall–Kier alpha value is -1.82. The van der Waals surface area contributed by atoms with E-state index < -0.39 is 0 Å². The van der Waals surface area contributed by atoms with Crippen molar-refractivity contribution < 1.29 is 9.47 Å². The second kappa shape index (κ2) is 5.68. The van der Waals surface area contributed by atoms with Crippen LogP contribution in [0, 0.1) is 6.92 Å². The van der Waals surface area contributed by atoms with Gasteiger partial charge in [-0.15, -0.1) is 5.10 Å². The lowest BCUT2D eigenvalue weighted by Crippen LogP contribution is -2.02. The average molecular weight is 265 g/mol. The predicted octanol–water partition coefficient (Wildman–Crippen LogP) is 2.48. The first-order chi connectivity index (χ1) is 8.74. The van der Waals surface area contributed by atoms with Crippen LogP contribution in [0.25, 0.3) is 0 Å². The van der Waals surface area contributed by atoms with Gasteiger partial charge in [0.2, 0.25) is 0 Å². The Labute approximate surface area is 110 Å². The SMILES string of the molecule is COc1cc(C)c(NCc2csnn2)cc1OC. The molecule has 0 amide bonds. The summed E-state index contributed by atoms with van der Waals surface area (Å²) in [4.78, 5) is 0. The number of ether oxygens (including phenoxy) is 2. The maximum Gasteiger partial charge on any atom is 0.162 e. The normalized spacial score (nSPS) is 10.2. The molecule has 0 spiro atoms. The van der Waals surface area contributed by atoms with E-state index in [1.165, 1.54) is 11.5 Å². The molecule has 1 heterocycles. The van der Waals surface area contributed by atoms with Gasteiger partial charge < -0.3 is 14.8 Å². The number of rotatable bonds is 5. The first kappa shape index (κ1) is 12.6. The van der Waals surface area contributed by atoms with Crippen LogP contribution >= 0.6 is 11.5 Å². The number of methoxy groups -OCH3 is 2. The highest BCUT2D eigenvalue weighted by Gasteiger charge is 2.08. The van der Waals surface area contributed by atoms with Crippen molar-refractivity contribution in [2.24, 2.45) is 0 Å². The van der Waals surface area contributed by atoms with Gasteiger partial charge in [0.05, 0.1) is 26.5 Å². The molecular formula is C12H15N3O2S.